The topological polar surface area (TPSA) is 57.6 Å². The molecule has 1 saturated carbocycles. The van der Waals surface area contributed by atoms with Gasteiger partial charge in [0.2, 0.25) is 0 Å². The summed E-state index contributed by atoms with van der Waals surface area (Å²) in [4.78, 5) is 28.2. The highest BCUT2D eigenvalue weighted by Crippen LogP contribution is 2.44. The Balaban J connectivity index is 1.87. The average molecular weight is 385 g/mol. The van der Waals surface area contributed by atoms with Gasteiger partial charge in [0.15, 0.2) is 0 Å². The molecule has 4 nitrogen and oxygen atoms in total. The molecule has 1 atom stereocenters. The van der Waals surface area contributed by atoms with E-state index < -0.39 is 17.7 Å². The molecule has 27 heavy (non-hydrogen) atoms. The van der Waals surface area contributed by atoms with Crippen LogP contribution in [0.15, 0.2) is 41.3 Å². The van der Waals surface area contributed by atoms with Crippen LogP contribution in [0.2, 0.25) is 0 Å². The van der Waals surface area contributed by atoms with E-state index >= 15 is 0 Å². The molecule has 0 radical (unpaired) electrons. The molecule has 1 aromatic carbocycles. The number of carbonyl (C=O) groups is 2. The van der Waals surface area contributed by atoms with Crippen molar-refractivity contribution in [3.8, 4) is 0 Å². The van der Waals surface area contributed by atoms with E-state index in [0.29, 0.717) is 11.1 Å². The Kier molecular flexibility index (Phi) is 4.60. The third-order valence-corrected chi connectivity index (χ3v) is 6.37. The summed E-state index contributed by atoms with van der Waals surface area (Å²) >= 11 is 1.46. The lowest BCUT2D eigenvalue weighted by molar-refractivity contribution is -0.141. The van der Waals surface area contributed by atoms with Gasteiger partial charge in [-0.25, -0.2) is 4.39 Å². The summed E-state index contributed by atoms with van der Waals surface area (Å²) in [6.45, 7) is 1.60. The van der Waals surface area contributed by atoms with Crippen LogP contribution >= 0.6 is 11.3 Å². The second-order valence-corrected chi connectivity index (χ2v) is 8.10. The number of Topliss-reactive ketones (excluding diaryl/α,β-unsaturated/α-hetero) is 1. The van der Waals surface area contributed by atoms with Gasteiger partial charge in [-0.3, -0.25) is 9.59 Å². The number of nitrogens with zero attached hydrogens (tertiary/aromatic N) is 1. The normalized spacial score (nSPS) is 22.7. The van der Waals surface area contributed by atoms with Crippen molar-refractivity contribution in [2.45, 2.75) is 44.7 Å². The van der Waals surface area contributed by atoms with Crippen LogP contribution in [-0.4, -0.2) is 27.7 Å². The first-order valence-corrected chi connectivity index (χ1v) is 9.97. The second-order valence-electron chi connectivity index (χ2n) is 7.12. The SMILES string of the molecule is Cc1cc(/C(O)=C2/C(=O)C(=O)N(C3CCCC3)C2c2cccs2)ccc1F. The summed E-state index contributed by atoms with van der Waals surface area (Å²) < 4.78 is 13.6. The molecule has 0 spiro atoms. The molecule has 1 saturated heterocycles. The fraction of sp³-hybridized carbons (Fsp3) is 0.333. The Bertz CT molecular complexity index is 929. The molecule has 6 heteroatoms. The second kappa shape index (κ2) is 6.93. The Morgan fingerprint density at radius 3 is 2.59 bits per heavy atom. The molecule has 2 aromatic rings. The van der Waals surface area contributed by atoms with Gasteiger partial charge in [0, 0.05) is 16.5 Å². The van der Waals surface area contributed by atoms with Crippen molar-refractivity contribution >= 4 is 28.8 Å². The van der Waals surface area contributed by atoms with E-state index in [1.54, 1.807) is 11.8 Å². The number of aryl methyl sites for hydroxylation is 1. The average Bonchev–Trinajstić information content (AvgIpc) is 3.39. The molecular formula is C21H20FNO3S. The Labute approximate surface area is 160 Å². The van der Waals surface area contributed by atoms with E-state index in [-0.39, 0.29) is 23.2 Å². The summed E-state index contributed by atoms with van der Waals surface area (Å²) in [7, 11) is 0. The summed E-state index contributed by atoms with van der Waals surface area (Å²) in [6, 6.07) is 7.37. The van der Waals surface area contributed by atoms with Gasteiger partial charge >= 0.3 is 0 Å². The number of amides is 1. The molecule has 2 aliphatic rings. The first-order chi connectivity index (χ1) is 13.0. The predicted molar refractivity (Wildman–Crippen MR) is 102 cm³/mol. The van der Waals surface area contributed by atoms with Crippen molar-refractivity contribution in [1.82, 2.24) is 4.90 Å². The lowest BCUT2D eigenvalue weighted by Crippen LogP contribution is -2.37. The lowest BCUT2D eigenvalue weighted by atomic mass is 9.98. The lowest BCUT2D eigenvalue weighted by Gasteiger charge is -2.29. The van der Waals surface area contributed by atoms with Crippen LogP contribution in [0.25, 0.3) is 5.76 Å². The zero-order valence-electron chi connectivity index (χ0n) is 14.9. The first kappa shape index (κ1) is 17.9. The van der Waals surface area contributed by atoms with Crippen LogP contribution < -0.4 is 0 Å². The van der Waals surface area contributed by atoms with E-state index in [9.17, 15) is 19.1 Å². The Morgan fingerprint density at radius 2 is 1.96 bits per heavy atom. The third-order valence-electron chi connectivity index (χ3n) is 5.44. The molecule has 0 bridgehead atoms. The van der Waals surface area contributed by atoms with Crippen molar-refractivity contribution in [2.24, 2.45) is 0 Å². The zero-order valence-corrected chi connectivity index (χ0v) is 15.8. The fourth-order valence-corrected chi connectivity index (χ4v) is 4.91. The van der Waals surface area contributed by atoms with Gasteiger partial charge < -0.3 is 10.0 Å². The van der Waals surface area contributed by atoms with Crippen molar-refractivity contribution in [2.75, 3.05) is 0 Å². The molecule has 1 aliphatic carbocycles. The number of halogens is 1. The Morgan fingerprint density at radius 1 is 1.22 bits per heavy atom. The maximum absolute atomic E-state index is 13.6. The summed E-state index contributed by atoms with van der Waals surface area (Å²) in [5.74, 6) is -1.84. The smallest absolute Gasteiger partial charge is 0.295 e. The minimum atomic E-state index is -0.667. The number of benzene rings is 1. The highest BCUT2D eigenvalue weighted by atomic mass is 32.1. The number of ketones is 1. The minimum Gasteiger partial charge on any atom is -0.507 e. The quantitative estimate of drug-likeness (QED) is 0.479. The van der Waals surface area contributed by atoms with Crippen LogP contribution in [0, 0.1) is 12.7 Å². The molecule has 1 N–H and O–H groups in total. The predicted octanol–water partition coefficient (Wildman–Crippen LogP) is 4.56. The van der Waals surface area contributed by atoms with Crippen molar-refractivity contribution in [3.05, 3.63) is 63.1 Å². The van der Waals surface area contributed by atoms with Crippen LogP contribution in [0.1, 0.15) is 47.7 Å². The number of carbonyl (C=O) groups excluding carboxylic acids is 2. The van der Waals surface area contributed by atoms with E-state index in [1.807, 2.05) is 17.5 Å². The molecule has 1 aliphatic heterocycles. The molecule has 1 unspecified atom stereocenters. The zero-order chi connectivity index (χ0) is 19.1. The highest BCUT2D eigenvalue weighted by Gasteiger charge is 2.49. The van der Waals surface area contributed by atoms with Crippen molar-refractivity contribution in [1.29, 1.82) is 0 Å². The number of likely N-dealkylation sites (tertiary alicyclic amines) is 1. The summed E-state index contributed by atoms with van der Waals surface area (Å²) in [5, 5.41) is 12.8. The monoisotopic (exact) mass is 385 g/mol. The van der Waals surface area contributed by atoms with Gasteiger partial charge in [-0.1, -0.05) is 18.9 Å². The maximum atomic E-state index is 13.6. The third kappa shape index (κ3) is 2.98. The fourth-order valence-electron chi connectivity index (χ4n) is 4.08. The van der Waals surface area contributed by atoms with Gasteiger partial charge in [0.25, 0.3) is 11.7 Å². The van der Waals surface area contributed by atoms with E-state index in [4.69, 9.17) is 0 Å². The number of rotatable bonds is 3. The molecule has 140 valence electrons. The molecule has 4 rings (SSSR count). The molecule has 2 heterocycles. The van der Waals surface area contributed by atoms with Gasteiger partial charge in [0.1, 0.15) is 11.6 Å². The summed E-state index contributed by atoms with van der Waals surface area (Å²) in [5.41, 5.74) is 0.817. The number of aliphatic hydroxyl groups excluding tert-OH is 1. The van der Waals surface area contributed by atoms with Gasteiger partial charge in [-0.15, -0.1) is 11.3 Å². The summed E-state index contributed by atoms with van der Waals surface area (Å²) in [6.07, 6.45) is 3.79. The van der Waals surface area contributed by atoms with Crippen molar-refractivity contribution in [3.63, 3.8) is 0 Å². The number of hydrogen-bond donors (Lipinski definition) is 1. The van der Waals surface area contributed by atoms with Crippen molar-refractivity contribution < 1.29 is 19.1 Å². The Hall–Kier alpha value is -2.47. The minimum absolute atomic E-state index is 0.00815. The van der Waals surface area contributed by atoms with Crippen LogP contribution in [-0.2, 0) is 9.59 Å². The molecular weight excluding hydrogens is 365 g/mol. The van der Waals surface area contributed by atoms with Gasteiger partial charge in [0.05, 0.1) is 11.6 Å². The first-order valence-electron chi connectivity index (χ1n) is 9.09. The highest BCUT2D eigenvalue weighted by molar-refractivity contribution is 7.10. The molecule has 1 aromatic heterocycles. The van der Waals surface area contributed by atoms with Crippen LogP contribution in [0.5, 0.6) is 0 Å². The number of thiophene rings is 1. The van der Waals surface area contributed by atoms with E-state index in [0.717, 1.165) is 30.6 Å². The van der Waals surface area contributed by atoms with E-state index in [1.165, 1.54) is 29.5 Å². The largest absolute Gasteiger partial charge is 0.507 e. The number of aliphatic hydroxyl groups is 1. The molecule has 2 fully saturated rings. The van der Waals surface area contributed by atoms with E-state index in [2.05, 4.69) is 0 Å². The van der Waals surface area contributed by atoms with Gasteiger partial charge in [-0.2, -0.15) is 0 Å². The van der Waals surface area contributed by atoms with Crippen LogP contribution in [0.3, 0.4) is 0 Å². The molecule has 1 amide bonds. The van der Waals surface area contributed by atoms with Crippen LogP contribution in [0.4, 0.5) is 4.39 Å². The maximum Gasteiger partial charge on any atom is 0.295 e. The number of hydrogen-bond acceptors (Lipinski definition) is 4. The standard InChI is InChI=1S/C21H20FNO3S/c1-12-11-13(8-9-15(12)22)19(24)17-18(16-7-4-10-27-16)23(21(26)20(17)25)14-5-2-3-6-14/h4,7-11,14,18,24H,2-3,5-6H2,1H3/b19-17-. The van der Waals surface area contributed by atoms with Gasteiger partial charge in [-0.05, 0) is 55.0 Å².